The van der Waals surface area contributed by atoms with Gasteiger partial charge in [0.2, 0.25) is 5.91 Å². The second kappa shape index (κ2) is 10.8. The Kier molecular flexibility index (Phi) is 7.81. The van der Waals surface area contributed by atoms with Gasteiger partial charge >= 0.3 is 0 Å². The molecule has 1 aromatic carbocycles. The fourth-order valence-corrected chi connectivity index (χ4v) is 6.35. The number of methoxy groups -OCH3 is 1. The molecule has 2 aliphatic rings. The molecule has 1 aliphatic heterocycles. The molecule has 5 nitrogen and oxygen atoms in total. The molecular formula is C26H33FN2O3S. The molecular weight excluding hydrogens is 439 g/mol. The summed E-state index contributed by atoms with van der Waals surface area (Å²) in [4.78, 5) is 30.6. The molecule has 0 saturated carbocycles. The third kappa shape index (κ3) is 5.46. The van der Waals surface area contributed by atoms with Crippen molar-refractivity contribution >= 4 is 23.2 Å². The van der Waals surface area contributed by atoms with Crippen LogP contribution in [0.3, 0.4) is 0 Å². The van der Waals surface area contributed by atoms with Crippen LogP contribution < -0.4 is 0 Å². The lowest BCUT2D eigenvalue weighted by atomic mass is 9.84. The van der Waals surface area contributed by atoms with Crippen molar-refractivity contribution in [3.63, 3.8) is 0 Å². The minimum Gasteiger partial charge on any atom is -0.375 e. The average molecular weight is 473 g/mol. The van der Waals surface area contributed by atoms with Crippen molar-refractivity contribution in [1.29, 1.82) is 0 Å². The lowest BCUT2D eigenvalue weighted by Crippen LogP contribution is -2.49. The Morgan fingerprint density at radius 2 is 1.88 bits per heavy atom. The highest BCUT2D eigenvalue weighted by atomic mass is 32.1. The van der Waals surface area contributed by atoms with Crippen molar-refractivity contribution in [2.24, 2.45) is 5.92 Å². The van der Waals surface area contributed by atoms with Gasteiger partial charge < -0.3 is 14.5 Å². The van der Waals surface area contributed by atoms with E-state index in [0.29, 0.717) is 19.5 Å². The van der Waals surface area contributed by atoms with Gasteiger partial charge in [-0.15, -0.1) is 11.3 Å². The molecule has 0 radical (unpaired) electrons. The second-order valence-corrected chi connectivity index (χ2v) is 10.1. The zero-order chi connectivity index (χ0) is 23.4. The number of fused-ring (bicyclic) bond motifs is 1. The first-order chi connectivity index (χ1) is 16.0. The van der Waals surface area contributed by atoms with E-state index in [-0.39, 0.29) is 36.2 Å². The molecule has 0 N–H and O–H groups in total. The highest BCUT2D eigenvalue weighted by molar-refractivity contribution is 7.12. The highest BCUT2D eigenvalue weighted by Gasteiger charge is 2.34. The molecule has 33 heavy (non-hydrogen) atoms. The molecule has 1 aromatic heterocycles. The molecule has 2 aromatic rings. The summed E-state index contributed by atoms with van der Waals surface area (Å²) >= 11 is 1.60. The Morgan fingerprint density at radius 3 is 2.58 bits per heavy atom. The number of likely N-dealkylation sites (tertiary alicyclic amines) is 1. The molecule has 4 rings (SSSR count). The second-order valence-electron chi connectivity index (χ2n) is 9.24. The maximum Gasteiger partial charge on any atom is 0.264 e. The average Bonchev–Trinajstić information content (AvgIpc) is 3.27. The lowest BCUT2D eigenvalue weighted by Gasteiger charge is -2.40. The minimum atomic E-state index is -0.262. The monoisotopic (exact) mass is 472 g/mol. The fourth-order valence-electron chi connectivity index (χ4n) is 5.22. The fraction of sp³-hybridized carbons (Fsp3) is 0.538. The van der Waals surface area contributed by atoms with Crippen LogP contribution in [0.4, 0.5) is 4.39 Å². The van der Waals surface area contributed by atoms with Gasteiger partial charge in [-0.05, 0) is 85.1 Å². The molecule has 0 spiro atoms. The van der Waals surface area contributed by atoms with E-state index < -0.39 is 0 Å². The maximum atomic E-state index is 13.4. The normalized spacial score (nSPS) is 17.5. The van der Waals surface area contributed by atoms with E-state index in [1.165, 1.54) is 43.2 Å². The quantitative estimate of drug-likeness (QED) is 0.603. The van der Waals surface area contributed by atoms with E-state index in [4.69, 9.17) is 4.74 Å². The Balaban J connectivity index is 1.44. The largest absolute Gasteiger partial charge is 0.375 e. The predicted octanol–water partition coefficient (Wildman–Crippen LogP) is 4.33. The van der Waals surface area contributed by atoms with E-state index in [2.05, 4.69) is 5.38 Å². The number of ether oxygens (including phenoxy) is 1. The Bertz CT molecular complexity index is 966. The lowest BCUT2D eigenvalue weighted by molar-refractivity contribution is -0.137. The number of hydrogen-bond donors (Lipinski definition) is 0. The van der Waals surface area contributed by atoms with Crippen LogP contribution in [-0.4, -0.2) is 61.5 Å². The van der Waals surface area contributed by atoms with Gasteiger partial charge in [-0.2, -0.15) is 0 Å². The van der Waals surface area contributed by atoms with Crippen LogP contribution in [-0.2, 0) is 28.8 Å². The van der Waals surface area contributed by atoms with E-state index in [1.54, 1.807) is 28.4 Å². The predicted molar refractivity (Wildman–Crippen MR) is 128 cm³/mol. The Labute approximate surface area is 199 Å². The summed E-state index contributed by atoms with van der Waals surface area (Å²) in [6.45, 7) is 1.43. The van der Waals surface area contributed by atoms with E-state index in [1.807, 2.05) is 11.9 Å². The zero-order valence-corrected chi connectivity index (χ0v) is 20.3. The standard InChI is InChI=1S/C26H33FN2O3S/c1-28(24(30)16-32-2)23(15-18-7-9-21(27)10-8-18)19-11-13-29(14-12-19)26(31)25-22-6-4-3-5-20(22)17-33-25/h7-10,17,19,23H,3-6,11-16H2,1-2H3/t23-/m1/s1. The molecule has 0 unspecified atom stereocenters. The summed E-state index contributed by atoms with van der Waals surface area (Å²) in [5, 5.41) is 2.17. The van der Waals surface area contributed by atoms with Crippen LogP contribution in [0.15, 0.2) is 29.6 Å². The van der Waals surface area contributed by atoms with Crippen molar-refractivity contribution in [3.8, 4) is 0 Å². The first kappa shape index (κ1) is 23.9. The van der Waals surface area contributed by atoms with Crippen molar-refractivity contribution in [2.45, 2.75) is 51.0 Å². The van der Waals surface area contributed by atoms with Gasteiger partial charge in [0.1, 0.15) is 12.4 Å². The van der Waals surface area contributed by atoms with Gasteiger partial charge in [-0.3, -0.25) is 9.59 Å². The van der Waals surface area contributed by atoms with Crippen LogP contribution in [0, 0.1) is 11.7 Å². The van der Waals surface area contributed by atoms with Crippen molar-refractivity contribution in [1.82, 2.24) is 9.80 Å². The number of benzene rings is 1. The maximum absolute atomic E-state index is 13.4. The molecule has 178 valence electrons. The number of halogens is 1. The van der Waals surface area contributed by atoms with Gasteiger partial charge in [0.05, 0.1) is 4.88 Å². The highest BCUT2D eigenvalue weighted by Crippen LogP contribution is 2.33. The van der Waals surface area contributed by atoms with Crippen LogP contribution in [0.2, 0.25) is 0 Å². The molecule has 1 atom stereocenters. The number of piperidine rings is 1. The third-order valence-corrected chi connectivity index (χ3v) is 8.24. The summed E-state index contributed by atoms with van der Waals surface area (Å²) < 4.78 is 18.5. The van der Waals surface area contributed by atoms with E-state index in [0.717, 1.165) is 36.1 Å². The number of amides is 2. The van der Waals surface area contributed by atoms with Gasteiger partial charge in [0.15, 0.2) is 0 Å². The van der Waals surface area contributed by atoms with Gasteiger partial charge in [0.25, 0.3) is 5.91 Å². The number of hydrogen-bond acceptors (Lipinski definition) is 4. The molecule has 7 heteroatoms. The Hall–Kier alpha value is -2.25. The SMILES string of the molecule is COCC(=O)N(C)[C@H](Cc1ccc(F)cc1)C1CCN(C(=O)c2scc3c2CCCC3)CC1. The summed E-state index contributed by atoms with van der Waals surface area (Å²) in [5.74, 6) is 0.109. The van der Waals surface area contributed by atoms with Crippen molar-refractivity contribution in [2.75, 3.05) is 33.9 Å². The molecule has 1 aliphatic carbocycles. The number of likely N-dealkylation sites (N-methyl/N-ethyl adjacent to an activating group) is 1. The van der Waals surface area contributed by atoms with Crippen LogP contribution in [0.5, 0.6) is 0 Å². The third-order valence-electron chi connectivity index (χ3n) is 7.19. The van der Waals surface area contributed by atoms with Crippen molar-refractivity contribution < 1.29 is 18.7 Å². The van der Waals surface area contributed by atoms with E-state index in [9.17, 15) is 14.0 Å². The number of aryl methyl sites for hydroxylation is 1. The minimum absolute atomic E-state index is 0.0233. The Morgan fingerprint density at radius 1 is 1.18 bits per heavy atom. The smallest absolute Gasteiger partial charge is 0.264 e. The first-order valence-electron chi connectivity index (χ1n) is 11.9. The number of thiophene rings is 1. The number of nitrogens with zero attached hydrogens (tertiary/aromatic N) is 2. The van der Waals surface area contributed by atoms with E-state index >= 15 is 0 Å². The van der Waals surface area contributed by atoms with Gasteiger partial charge in [-0.25, -0.2) is 4.39 Å². The van der Waals surface area contributed by atoms with Gasteiger partial charge in [-0.1, -0.05) is 12.1 Å². The topological polar surface area (TPSA) is 49.9 Å². The summed E-state index contributed by atoms with van der Waals surface area (Å²) in [6, 6.07) is 6.48. The molecule has 2 heterocycles. The number of carbonyl (C=O) groups excluding carboxylic acids is 2. The number of carbonyl (C=O) groups is 2. The van der Waals surface area contributed by atoms with Crippen LogP contribution >= 0.6 is 11.3 Å². The molecule has 1 saturated heterocycles. The molecule has 1 fully saturated rings. The molecule has 2 amide bonds. The van der Waals surface area contributed by atoms with Crippen LogP contribution in [0.1, 0.15) is 52.0 Å². The van der Waals surface area contributed by atoms with Crippen molar-refractivity contribution in [3.05, 3.63) is 57.0 Å². The summed E-state index contributed by atoms with van der Waals surface area (Å²) in [7, 11) is 3.35. The summed E-state index contributed by atoms with van der Waals surface area (Å²) in [6.07, 6.45) is 6.83. The first-order valence-corrected chi connectivity index (χ1v) is 12.7. The number of rotatable bonds is 7. The molecule has 0 bridgehead atoms. The zero-order valence-electron chi connectivity index (χ0n) is 19.5. The summed E-state index contributed by atoms with van der Waals surface area (Å²) in [5.41, 5.74) is 3.64. The van der Waals surface area contributed by atoms with Crippen LogP contribution in [0.25, 0.3) is 0 Å². The van der Waals surface area contributed by atoms with Gasteiger partial charge in [0, 0.05) is 33.3 Å².